The molecule has 1 heterocycles. The van der Waals surface area contributed by atoms with Gasteiger partial charge in [0, 0.05) is 16.9 Å². The summed E-state index contributed by atoms with van der Waals surface area (Å²) in [7, 11) is 3.16. The van der Waals surface area contributed by atoms with E-state index in [-0.39, 0.29) is 5.91 Å². The number of nitrogens with zero attached hydrogens (tertiary/aromatic N) is 1. The molecule has 138 valence electrons. The van der Waals surface area contributed by atoms with E-state index in [1.54, 1.807) is 68.9 Å². The molecule has 6 nitrogen and oxygen atoms in total. The van der Waals surface area contributed by atoms with Crippen molar-refractivity contribution < 1.29 is 14.3 Å². The van der Waals surface area contributed by atoms with Gasteiger partial charge in [-0.1, -0.05) is 11.6 Å². The van der Waals surface area contributed by atoms with Gasteiger partial charge in [0.15, 0.2) is 0 Å². The first kappa shape index (κ1) is 18.5. The van der Waals surface area contributed by atoms with Crippen molar-refractivity contribution in [3.8, 4) is 11.5 Å². The van der Waals surface area contributed by atoms with E-state index in [2.05, 4.69) is 15.6 Å². The van der Waals surface area contributed by atoms with E-state index < -0.39 is 0 Å². The third-order valence-electron chi connectivity index (χ3n) is 3.79. The van der Waals surface area contributed by atoms with E-state index in [0.29, 0.717) is 33.4 Å². The molecular weight excluding hydrogens is 366 g/mol. The molecule has 0 spiro atoms. The summed E-state index contributed by atoms with van der Waals surface area (Å²) in [5.74, 6) is 1.08. The van der Waals surface area contributed by atoms with Gasteiger partial charge in [0.1, 0.15) is 11.5 Å². The average Bonchev–Trinajstić information content (AvgIpc) is 2.69. The Morgan fingerprint density at radius 3 is 2.44 bits per heavy atom. The SMILES string of the molecule is COc1ccc(NC(=O)c2cncc(Nc3cc(Cl)ccc3OC)c2)cc1. The number of nitrogens with one attached hydrogen (secondary N) is 2. The molecule has 27 heavy (non-hydrogen) atoms. The molecule has 2 aromatic carbocycles. The van der Waals surface area contributed by atoms with E-state index in [1.807, 2.05) is 0 Å². The lowest BCUT2D eigenvalue weighted by molar-refractivity contribution is 0.102. The second kappa shape index (κ2) is 8.42. The van der Waals surface area contributed by atoms with Crippen molar-refractivity contribution in [1.82, 2.24) is 4.98 Å². The lowest BCUT2D eigenvalue weighted by atomic mass is 10.2. The van der Waals surface area contributed by atoms with Crippen LogP contribution in [0.25, 0.3) is 0 Å². The van der Waals surface area contributed by atoms with Crippen molar-refractivity contribution in [3.05, 3.63) is 71.5 Å². The van der Waals surface area contributed by atoms with Gasteiger partial charge < -0.3 is 20.1 Å². The Morgan fingerprint density at radius 1 is 0.963 bits per heavy atom. The van der Waals surface area contributed by atoms with E-state index in [0.717, 1.165) is 5.75 Å². The summed E-state index contributed by atoms with van der Waals surface area (Å²) in [5, 5.41) is 6.56. The predicted octanol–water partition coefficient (Wildman–Crippen LogP) is 4.75. The standard InChI is InChI=1S/C20H18ClN3O3/c1-26-17-6-4-15(5-7-17)24-20(25)13-9-16(12-22-11-13)23-18-10-14(21)3-8-19(18)27-2/h3-12,23H,1-2H3,(H,24,25). The van der Waals surface area contributed by atoms with E-state index >= 15 is 0 Å². The predicted molar refractivity (Wildman–Crippen MR) is 106 cm³/mol. The fourth-order valence-corrected chi connectivity index (χ4v) is 2.62. The van der Waals surface area contributed by atoms with Crippen LogP contribution in [-0.4, -0.2) is 25.1 Å². The number of carbonyl (C=O) groups is 1. The highest BCUT2D eigenvalue weighted by Gasteiger charge is 2.10. The van der Waals surface area contributed by atoms with Gasteiger partial charge in [-0.25, -0.2) is 0 Å². The molecule has 0 radical (unpaired) electrons. The molecule has 0 saturated carbocycles. The highest BCUT2D eigenvalue weighted by atomic mass is 35.5. The Labute approximate surface area is 162 Å². The summed E-state index contributed by atoms with van der Waals surface area (Å²) in [6.07, 6.45) is 3.11. The smallest absolute Gasteiger partial charge is 0.257 e. The van der Waals surface area contributed by atoms with Crippen LogP contribution >= 0.6 is 11.6 Å². The Kier molecular flexibility index (Phi) is 5.78. The number of benzene rings is 2. The summed E-state index contributed by atoms with van der Waals surface area (Å²) in [6.45, 7) is 0. The third kappa shape index (κ3) is 4.68. The number of anilines is 3. The van der Waals surface area contributed by atoms with Gasteiger partial charge in [-0.2, -0.15) is 0 Å². The summed E-state index contributed by atoms with van der Waals surface area (Å²) in [5.41, 5.74) is 2.39. The van der Waals surface area contributed by atoms with Crippen molar-refractivity contribution in [2.24, 2.45) is 0 Å². The summed E-state index contributed by atoms with van der Waals surface area (Å²) in [4.78, 5) is 16.6. The van der Waals surface area contributed by atoms with E-state index in [1.165, 1.54) is 6.20 Å². The minimum atomic E-state index is -0.269. The molecule has 0 unspecified atom stereocenters. The van der Waals surface area contributed by atoms with Crippen LogP contribution in [-0.2, 0) is 0 Å². The molecule has 0 aliphatic carbocycles. The van der Waals surface area contributed by atoms with Gasteiger partial charge in [-0.05, 0) is 48.5 Å². The van der Waals surface area contributed by atoms with Crippen molar-refractivity contribution >= 4 is 34.6 Å². The molecule has 0 bridgehead atoms. The highest BCUT2D eigenvalue weighted by Crippen LogP contribution is 2.30. The van der Waals surface area contributed by atoms with Crippen molar-refractivity contribution in [2.75, 3.05) is 24.9 Å². The van der Waals surface area contributed by atoms with Crippen molar-refractivity contribution in [2.45, 2.75) is 0 Å². The molecule has 0 aliphatic heterocycles. The Hall–Kier alpha value is -3.25. The molecule has 0 atom stereocenters. The highest BCUT2D eigenvalue weighted by molar-refractivity contribution is 6.31. The third-order valence-corrected chi connectivity index (χ3v) is 4.02. The fraction of sp³-hybridized carbons (Fsp3) is 0.100. The van der Waals surface area contributed by atoms with Gasteiger partial charge >= 0.3 is 0 Å². The van der Waals surface area contributed by atoms with Crippen LogP contribution in [0.15, 0.2) is 60.9 Å². The Bertz CT molecular complexity index is 945. The molecule has 1 aromatic heterocycles. The first-order valence-corrected chi connectivity index (χ1v) is 8.48. The maximum absolute atomic E-state index is 12.5. The minimum absolute atomic E-state index is 0.269. The lowest BCUT2D eigenvalue weighted by Gasteiger charge is -2.12. The van der Waals surface area contributed by atoms with Crippen LogP contribution < -0.4 is 20.1 Å². The number of methoxy groups -OCH3 is 2. The zero-order chi connectivity index (χ0) is 19.2. The number of halogens is 1. The second-order valence-corrected chi connectivity index (χ2v) is 6.05. The molecule has 0 fully saturated rings. The number of amides is 1. The number of pyridine rings is 1. The number of carbonyl (C=O) groups excluding carboxylic acids is 1. The van der Waals surface area contributed by atoms with Gasteiger partial charge in [-0.3, -0.25) is 9.78 Å². The van der Waals surface area contributed by atoms with Gasteiger partial charge in [0.05, 0.1) is 37.4 Å². The number of ether oxygens (including phenoxy) is 2. The average molecular weight is 384 g/mol. The molecule has 3 rings (SSSR count). The maximum Gasteiger partial charge on any atom is 0.257 e. The molecule has 1 amide bonds. The van der Waals surface area contributed by atoms with Crippen LogP contribution in [0, 0.1) is 0 Å². The fourth-order valence-electron chi connectivity index (χ4n) is 2.44. The number of hydrogen-bond acceptors (Lipinski definition) is 5. The van der Waals surface area contributed by atoms with Crippen LogP contribution in [0.3, 0.4) is 0 Å². The van der Waals surface area contributed by atoms with Crippen molar-refractivity contribution in [1.29, 1.82) is 0 Å². The topological polar surface area (TPSA) is 72.5 Å². The first-order chi connectivity index (χ1) is 13.1. The molecule has 7 heteroatoms. The normalized spacial score (nSPS) is 10.2. The van der Waals surface area contributed by atoms with E-state index in [9.17, 15) is 4.79 Å². The van der Waals surface area contributed by atoms with Crippen LogP contribution in [0.5, 0.6) is 11.5 Å². The van der Waals surface area contributed by atoms with Crippen LogP contribution in [0.4, 0.5) is 17.1 Å². The van der Waals surface area contributed by atoms with Gasteiger partial charge in [0.25, 0.3) is 5.91 Å². The zero-order valence-corrected chi connectivity index (χ0v) is 15.6. The van der Waals surface area contributed by atoms with E-state index in [4.69, 9.17) is 21.1 Å². The summed E-state index contributed by atoms with van der Waals surface area (Å²) < 4.78 is 10.4. The van der Waals surface area contributed by atoms with Gasteiger partial charge in [-0.15, -0.1) is 0 Å². The Morgan fingerprint density at radius 2 is 1.74 bits per heavy atom. The summed E-state index contributed by atoms with van der Waals surface area (Å²) in [6, 6.07) is 14.0. The van der Waals surface area contributed by atoms with Crippen LogP contribution in [0.1, 0.15) is 10.4 Å². The quantitative estimate of drug-likeness (QED) is 0.642. The number of aromatic nitrogens is 1. The zero-order valence-electron chi connectivity index (χ0n) is 14.8. The molecule has 2 N–H and O–H groups in total. The van der Waals surface area contributed by atoms with Gasteiger partial charge in [0.2, 0.25) is 0 Å². The van der Waals surface area contributed by atoms with Crippen LogP contribution in [0.2, 0.25) is 5.02 Å². The van der Waals surface area contributed by atoms with Crippen molar-refractivity contribution in [3.63, 3.8) is 0 Å². The summed E-state index contributed by atoms with van der Waals surface area (Å²) >= 11 is 6.05. The molecule has 0 aliphatic rings. The largest absolute Gasteiger partial charge is 0.497 e. The molecule has 3 aromatic rings. The minimum Gasteiger partial charge on any atom is -0.497 e. The number of rotatable bonds is 6. The second-order valence-electron chi connectivity index (χ2n) is 5.61. The Balaban J connectivity index is 1.76. The maximum atomic E-state index is 12.5. The number of hydrogen-bond donors (Lipinski definition) is 2. The first-order valence-electron chi connectivity index (χ1n) is 8.10. The monoisotopic (exact) mass is 383 g/mol. The molecular formula is C20H18ClN3O3. The lowest BCUT2D eigenvalue weighted by Crippen LogP contribution is -2.12. The molecule has 0 saturated heterocycles.